The summed E-state index contributed by atoms with van der Waals surface area (Å²) >= 11 is 1.37. The van der Waals surface area contributed by atoms with E-state index in [9.17, 15) is 4.79 Å². The molecule has 0 saturated heterocycles. The Hall–Kier alpha value is -4.09. The fraction of sp³-hybridized carbons (Fsp3) is 0.125. The van der Waals surface area contributed by atoms with Crippen LogP contribution in [0.15, 0.2) is 72.8 Å². The topological polar surface area (TPSA) is 96.3 Å². The van der Waals surface area contributed by atoms with Crippen LogP contribution in [0.25, 0.3) is 10.2 Å². The van der Waals surface area contributed by atoms with E-state index in [4.69, 9.17) is 14.7 Å². The van der Waals surface area contributed by atoms with Crippen molar-refractivity contribution < 1.29 is 14.3 Å². The molecule has 0 radical (unpaired) electrons. The maximum atomic E-state index is 11.9. The number of anilines is 2. The van der Waals surface area contributed by atoms with Crippen molar-refractivity contribution >= 4 is 39.0 Å². The largest absolute Gasteiger partial charge is 0.492 e. The summed E-state index contributed by atoms with van der Waals surface area (Å²) in [5.41, 5.74) is 3.33. The second kappa shape index (κ2) is 10.3. The SMILES string of the molecule is N#Cc1nc2ccc(NCCOc3ccc(NC(=O)OCc4ccccc4)cc3)cc2s1. The van der Waals surface area contributed by atoms with Crippen LogP contribution in [-0.2, 0) is 11.3 Å². The molecule has 1 heterocycles. The van der Waals surface area contributed by atoms with E-state index in [2.05, 4.69) is 21.7 Å². The summed E-state index contributed by atoms with van der Waals surface area (Å²) in [5, 5.41) is 15.4. The number of thiazole rings is 1. The lowest BCUT2D eigenvalue weighted by Crippen LogP contribution is -2.13. The highest BCUT2D eigenvalue weighted by Crippen LogP contribution is 2.24. The molecule has 0 atom stereocenters. The van der Waals surface area contributed by atoms with Gasteiger partial charge in [0.15, 0.2) is 5.01 Å². The molecule has 0 bridgehead atoms. The Morgan fingerprint density at radius 2 is 1.81 bits per heavy atom. The molecule has 0 aliphatic heterocycles. The first-order valence-corrected chi connectivity index (χ1v) is 10.8. The highest BCUT2D eigenvalue weighted by atomic mass is 32.1. The predicted octanol–water partition coefficient (Wildman–Crippen LogP) is 5.41. The third-order valence-corrected chi connectivity index (χ3v) is 5.42. The lowest BCUT2D eigenvalue weighted by molar-refractivity contribution is 0.155. The number of carbonyl (C=O) groups is 1. The van der Waals surface area contributed by atoms with E-state index in [1.54, 1.807) is 24.3 Å². The average Bonchev–Trinajstić information content (AvgIpc) is 3.25. The van der Waals surface area contributed by atoms with Crippen LogP contribution in [0.3, 0.4) is 0 Å². The zero-order valence-corrected chi connectivity index (χ0v) is 17.9. The van der Waals surface area contributed by atoms with Gasteiger partial charge in [-0.3, -0.25) is 5.32 Å². The molecule has 2 N–H and O–H groups in total. The lowest BCUT2D eigenvalue weighted by Gasteiger charge is -2.10. The number of aromatic nitrogens is 1. The van der Waals surface area contributed by atoms with Crippen LogP contribution in [0.5, 0.6) is 5.75 Å². The van der Waals surface area contributed by atoms with E-state index in [1.807, 2.05) is 48.5 Å². The zero-order valence-electron chi connectivity index (χ0n) is 17.1. The van der Waals surface area contributed by atoms with Crippen LogP contribution >= 0.6 is 11.3 Å². The Morgan fingerprint density at radius 1 is 1.03 bits per heavy atom. The quantitative estimate of drug-likeness (QED) is 0.353. The minimum absolute atomic E-state index is 0.219. The molecule has 0 aliphatic rings. The van der Waals surface area contributed by atoms with Crippen molar-refractivity contribution in [2.75, 3.05) is 23.8 Å². The summed E-state index contributed by atoms with van der Waals surface area (Å²) in [7, 11) is 0. The van der Waals surface area contributed by atoms with Gasteiger partial charge in [-0.25, -0.2) is 9.78 Å². The van der Waals surface area contributed by atoms with Gasteiger partial charge in [0.05, 0.1) is 10.2 Å². The molecule has 1 amide bonds. The molecule has 0 spiro atoms. The molecule has 4 rings (SSSR count). The number of benzene rings is 3. The van der Waals surface area contributed by atoms with Crippen molar-refractivity contribution in [1.29, 1.82) is 5.26 Å². The maximum Gasteiger partial charge on any atom is 0.411 e. The number of carbonyl (C=O) groups excluding carboxylic acids is 1. The van der Waals surface area contributed by atoms with Gasteiger partial charge in [0.1, 0.15) is 25.0 Å². The van der Waals surface area contributed by atoms with Gasteiger partial charge in [-0.05, 0) is 48.0 Å². The first-order valence-electron chi connectivity index (χ1n) is 9.95. The summed E-state index contributed by atoms with van der Waals surface area (Å²) in [6.07, 6.45) is -0.508. The summed E-state index contributed by atoms with van der Waals surface area (Å²) in [6, 6.07) is 24.5. The number of hydrogen-bond acceptors (Lipinski definition) is 7. The van der Waals surface area contributed by atoms with E-state index in [-0.39, 0.29) is 6.61 Å². The molecule has 4 aromatic rings. The number of rotatable bonds is 8. The minimum Gasteiger partial charge on any atom is -0.492 e. The van der Waals surface area contributed by atoms with Crippen LogP contribution in [0, 0.1) is 11.3 Å². The van der Waals surface area contributed by atoms with Gasteiger partial charge in [0, 0.05) is 17.9 Å². The van der Waals surface area contributed by atoms with Crippen molar-refractivity contribution in [3.63, 3.8) is 0 Å². The van der Waals surface area contributed by atoms with Gasteiger partial charge in [-0.15, -0.1) is 11.3 Å². The molecule has 0 unspecified atom stereocenters. The van der Waals surface area contributed by atoms with Crippen molar-refractivity contribution in [2.45, 2.75) is 6.61 Å². The number of nitrogens with one attached hydrogen (secondary N) is 2. The highest BCUT2D eigenvalue weighted by Gasteiger charge is 2.05. The molecule has 3 aromatic carbocycles. The van der Waals surface area contributed by atoms with E-state index < -0.39 is 6.09 Å². The normalized spacial score (nSPS) is 10.3. The minimum atomic E-state index is -0.508. The fourth-order valence-corrected chi connectivity index (χ4v) is 3.76. The number of hydrogen-bond donors (Lipinski definition) is 2. The maximum absolute atomic E-state index is 11.9. The first-order chi connectivity index (χ1) is 15.7. The fourth-order valence-electron chi connectivity index (χ4n) is 2.96. The molecule has 1 aromatic heterocycles. The molecule has 8 heteroatoms. The Bertz CT molecular complexity index is 1230. The molecule has 32 heavy (non-hydrogen) atoms. The Kier molecular flexibility index (Phi) is 6.80. The number of fused-ring (bicyclic) bond motifs is 1. The average molecular weight is 445 g/mol. The summed E-state index contributed by atoms with van der Waals surface area (Å²) in [6.45, 7) is 1.30. The second-order valence-electron chi connectivity index (χ2n) is 6.80. The highest BCUT2D eigenvalue weighted by molar-refractivity contribution is 7.19. The molecular formula is C24H20N4O3S. The van der Waals surface area contributed by atoms with E-state index in [0.29, 0.717) is 29.6 Å². The first kappa shape index (κ1) is 21.2. The summed E-state index contributed by atoms with van der Waals surface area (Å²) in [5.74, 6) is 0.701. The van der Waals surface area contributed by atoms with Gasteiger partial charge >= 0.3 is 6.09 Å². The second-order valence-corrected chi connectivity index (χ2v) is 7.83. The van der Waals surface area contributed by atoms with Crippen LogP contribution < -0.4 is 15.4 Å². The van der Waals surface area contributed by atoms with Crippen molar-refractivity contribution in [2.24, 2.45) is 0 Å². The standard InChI is InChI=1S/C24H20N4O3S/c25-15-23-28-21-11-8-19(14-22(21)32-23)26-12-13-30-20-9-6-18(7-10-20)27-24(29)31-16-17-4-2-1-3-5-17/h1-11,14,26H,12-13,16H2,(H,27,29). The van der Waals surface area contributed by atoms with E-state index in [0.717, 1.165) is 21.5 Å². The molecule has 0 saturated carbocycles. The van der Waals surface area contributed by atoms with E-state index >= 15 is 0 Å². The monoisotopic (exact) mass is 444 g/mol. The third kappa shape index (κ3) is 5.74. The predicted molar refractivity (Wildman–Crippen MR) is 125 cm³/mol. The van der Waals surface area contributed by atoms with Crippen LogP contribution in [0.2, 0.25) is 0 Å². The summed E-state index contributed by atoms with van der Waals surface area (Å²) < 4.78 is 11.9. The summed E-state index contributed by atoms with van der Waals surface area (Å²) in [4.78, 5) is 16.2. The Morgan fingerprint density at radius 3 is 2.59 bits per heavy atom. The zero-order chi connectivity index (χ0) is 22.2. The smallest absolute Gasteiger partial charge is 0.411 e. The van der Waals surface area contributed by atoms with Crippen LogP contribution in [0.4, 0.5) is 16.2 Å². The number of ether oxygens (including phenoxy) is 2. The van der Waals surface area contributed by atoms with Gasteiger partial charge in [-0.1, -0.05) is 30.3 Å². The van der Waals surface area contributed by atoms with Gasteiger partial charge < -0.3 is 14.8 Å². The molecule has 160 valence electrons. The Labute approximate surface area is 189 Å². The molecular weight excluding hydrogens is 424 g/mol. The number of nitrogens with zero attached hydrogens (tertiary/aromatic N) is 2. The van der Waals surface area contributed by atoms with Gasteiger partial charge in [0.25, 0.3) is 0 Å². The van der Waals surface area contributed by atoms with Crippen LogP contribution in [-0.4, -0.2) is 24.2 Å². The van der Waals surface area contributed by atoms with Gasteiger partial charge in [0.2, 0.25) is 0 Å². The van der Waals surface area contributed by atoms with Gasteiger partial charge in [-0.2, -0.15) is 5.26 Å². The lowest BCUT2D eigenvalue weighted by atomic mass is 10.2. The van der Waals surface area contributed by atoms with Crippen molar-refractivity contribution in [3.05, 3.63) is 83.4 Å². The molecule has 0 aliphatic carbocycles. The van der Waals surface area contributed by atoms with E-state index in [1.165, 1.54) is 11.3 Å². The van der Waals surface area contributed by atoms with Crippen molar-refractivity contribution in [3.8, 4) is 11.8 Å². The molecule has 0 fully saturated rings. The van der Waals surface area contributed by atoms with Crippen LogP contribution in [0.1, 0.15) is 10.6 Å². The number of nitriles is 1. The number of amides is 1. The third-order valence-electron chi connectivity index (χ3n) is 4.50. The Balaban J connectivity index is 1.19. The molecule has 7 nitrogen and oxygen atoms in total. The van der Waals surface area contributed by atoms with Crippen molar-refractivity contribution in [1.82, 2.24) is 4.98 Å².